The maximum Gasteiger partial charge on any atom is 0.387 e. The van der Waals surface area contributed by atoms with Gasteiger partial charge in [0.05, 0.1) is 0 Å². The third-order valence-electron chi connectivity index (χ3n) is 2.05. The molecule has 19 heavy (non-hydrogen) atoms. The molecule has 2 N–H and O–H groups in total. The molecule has 0 bridgehead atoms. The Morgan fingerprint density at radius 3 is 2.74 bits per heavy atom. The molecule has 0 saturated carbocycles. The Bertz CT molecular complexity index is 569. The summed E-state index contributed by atoms with van der Waals surface area (Å²) >= 11 is 1.10. The molecule has 0 aliphatic rings. The van der Waals surface area contributed by atoms with Crippen LogP contribution in [0.15, 0.2) is 40.6 Å². The molecule has 2 rings (SSSR count). The number of hydrogen-bond acceptors (Lipinski definition) is 5. The lowest BCUT2D eigenvalue weighted by molar-refractivity contribution is -0.0523. The zero-order valence-corrected chi connectivity index (χ0v) is 10.2. The molecule has 0 aliphatic carbocycles. The highest BCUT2D eigenvalue weighted by atomic mass is 32.2. The first-order valence-corrected chi connectivity index (χ1v) is 5.85. The van der Waals surface area contributed by atoms with Crippen LogP contribution in [0.4, 0.5) is 18.9 Å². The first-order valence-electron chi connectivity index (χ1n) is 5.04. The summed E-state index contributed by atoms with van der Waals surface area (Å²) in [6.45, 7) is -3.10. The van der Waals surface area contributed by atoms with Crippen LogP contribution in [0.25, 0.3) is 0 Å². The van der Waals surface area contributed by atoms with Crippen molar-refractivity contribution in [3.8, 4) is 5.75 Å². The van der Waals surface area contributed by atoms with Gasteiger partial charge in [-0.15, -0.1) is 0 Å². The van der Waals surface area contributed by atoms with Gasteiger partial charge < -0.3 is 10.5 Å². The van der Waals surface area contributed by atoms with Gasteiger partial charge in [-0.1, -0.05) is 11.8 Å². The molecule has 0 atom stereocenters. The van der Waals surface area contributed by atoms with Crippen LogP contribution in [0.2, 0.25) is 0 Å². The zero-order chi connectivity index (χ0) is 13.8. The highest BCUT2D eigenvalue weighted by Gasteiger charge is 2.14. The topological polar surface area (TPSA) is 61.0 Å². The molecule has 0 unspecified atom stereocenters. The number of benzene rings is 1. The summed E-state index contributed by atoms with van der Waals surface area (Å²) in [4.78, 5) is 8.05. The average Bonchev–Trinajstić information content (AvgIpc) is 2.36. The third kappa shape index (κ3) is 3.50. The number of rotatable bonds is 4. The van der Waals surface area contributed by atoms with Gasteiger partial charge in [-0.25, -0.2) is 14.4 Å². The molecule has 1 heterocycles. The largest absolute Gasteiger partial charge is 0.432 e. The van der Waals surface area contributed by atoms with Gasteiger partial charge in [0.15, 0.2) is 11.6 Å². The summed E-state index contributed by atoms with van der Waals surface area (Å²) in [7, 11) is 0. The first-order chi connectivity index (χ1) is 9.06. The third-order valence-corrected chi connectivity index (χ3v) is 3.07. The standard InChI is InChI=1S/C11H8F3N3OS/c12-6-3-7(15)9(4-8(6)18-11(13)14)19-10-1-2-16-5-17-10/h1-5,11H,15H2. The molecule has 0 radical (unpaired) electrons. The minimum atomic E-state index is -3.10. The zero-order valence-electron chi connectivity index (χ0n) is 9.39. The fourth-order valence-electron chi connectivity index (χ4n) is 1.28. The molecule has 0 aliphatic heterocycles. The molecular weight excluding hydrogens is 279 g/mol. The van der Waals surface area contributed by atoms with Crippen molar-refractivity contribution in [1.29, 1.82) is 0 Å². The average molecular weight is 287 g/mol. The molecule has 1 aromatic carbocycles. The Morgan fingerprint density at radius 2 is 2.11 bits per heavy atom. The number of halogens is 3. The van der Waals surface area contributed by atoms with E-state index in [4.69, 9.17) is 5.73 Å². The summed E-state index contributed by atoms with van der Waals surface area (Å²) in [5, 5.41) is 0.552. The minimum absolute atomic E-state index is 0.114. The van der Waals surface area contributed by atoms with Crippen LogP contribution in [0.3, 0.4) is 0 Å². The molecule has 0 amide bonds. The molecule has 0 saturated heterocycles. The van der Waals surface area contributed by atoms with Gasteiger partial charge in [0.25, 0.3) is 0 Å². The van der Waals surface area contributed by atoms with Gasteiger partial charge in [-0.05, 0) is 12.1 Å². The van der Waals surface area contributed by atoms with E-state index < -0.39 is 18.2 Å². The summed E-state index contributed by atoms with van der Waals surface area (Å²) in [5.74, 6) is -1.49. The lowest BCUT2D eigenvalue weighted by atomic mass is 10.3. The van der Waals surface area contributed by atoms with Crippen molar-refractivity contribution in [3.63, 3.8) is 0 Å². The number of nitrogens with two attached hydrogens (primary N) is 1. The molecule has 100 valence electrons. The van der Waals surface area contributed by atoms with Crippen molar-refractivity contribution in [3.05, 3.63) is 36.5 Å². The van der Waals surface area contributed by atoms with Crippen LogP contribution in [-0.2, 0) is 0 Å². The van der Waals surface area contributed by atoms with E-state index in [0.29, 0.717) is 9.92 Å². The smallest absolute Gasteiger partial charge is 0.387 e. The second kappa shape index (κ2) is 5.79. The van der Waals surface area contributed by atoms with Gasteiger partial charge in [0.2, 0.25) is 0 Å². The Labute approximate surface area is 110 Å². The molecular formula is C11H8F3N3OS. The second-order valence-electron chi connectivity index (χ2n) is 3.35. The monoisotopic (exact) mass is 287 g/mol. The number of nitrogen functional groups attached to an aromatic ring is 1. The molecule has 8 heteroatoms. The summed E-state index contributed by atoms with van der Waals surface area (Å²) in [6.07, 6.45) is 2.85. The van der Waals surface area contributed by atoms with Crippen molar-refractivity contribution in [2.75, 3.05) is 5.73 Å². The highest BCUT2D eigenvalue weighted by molar-refractivity contribution is 7.99. The minimum Gasteiger partial charge on any atom is -0.432 e. The summed E-state index contributed by atoms with van der Waals surface area (Å²) < 4.78 is 41.6. The lowest BCUT2D eigenvalue weighted by Gasteiger charge is -2.10. The van der Waals surface area contributed by atoms with Crippen LogP contribution in [0, 0.1) is 5.82 Å². The van der Waals surface area contributed by atoms with Gasteiger partial charge in [0.1, 0.15) is 11.4 Å². The number of hydrogen-bond donors (Lipinski definition) is 1. The van der Waals surface area contributed by atoms with Crippen molar-refractivity contribution in [1.82, 2.24) is 9.97 Å². The SMILES string of the molecule is Nc1cc(F)c(OC(F)F)cc1Sc1ccncn1. The molecule has 2 aromatic rings. The van der Waals surface area contributed by atoms with Crippen LogP contribution in [-0.4, -0.2) is 16.6 Å². The van der Waals surface area contributed by atoms with Gasteiger partial charge >= 0.3 is 6.61 Å². The number of ether oxygens (including phenoxy) is 1. The summed E-state index contributed by atoms with van der Waals surface area (Å²) in [6, 6.07) is 3.66. The van der Waals surface area contributed by atoms with Crippen molar-refractivity contribution in [2.45, 2.75) is 16.5 Å². The number of nitrogens with zero attached hydrogens (tertiary/aromatic N) is 2. The van der Waals surface area contributed by atoms with Gasteiger partial charge in [0, 0.05) is 22.8 Å². The van der Waals surface area contributed by atoms with E-state index >= 15 is 0 Å². The van der Waals surface area contributed by atoms with Crippen LogP contribution in [0.5, 0.6) is 5.75 Å². The van der Waals surface area contributed by atoms with E-state index in [2.05, 4.69) is 14.7 Å². The Hall–Kier alpha value is -1.96. The number of aromatic nitrogens is 2. The summed E-state index contributed by atoms with van der Waals surface area (Å²) in [5.41, 5.74) is 5.74. The normalized spacial score (nSPS) is 10.7. The van der Waals surface area contributed by atoms with Crippen LogP contribution in [0.1, 0.15) is 0 Å². The second-order valence-corrected chi connectivity index (χ2v) is 4.41. The fourth-order valence-corrected chi connectivity index (χ4v) is 2.07. The van der Waals surface area contributed by atoms with Crippen molar-refractivity contribution < 1.29 is 17.9 Å². The van der Waals surface area contributed by atoms with E-state index in [1.807, 2.05) is 0 Å². The molecule has 0 fully saturated rings. The Balaban J connectivity index is 2.29. The van der Waals surface area contributed by atoms with Gasteiger partial charge in [-0.2, -0.15) is 8.78 Å². The molecule has 0 spiro atoms. The Morgan fingerprint density at radius 1 is 1.32 bits per heavy atom. The van der Waals surface area contributed by atoms with Crippen molar-refractivity contribution in [2.24, 2.45) is 0 Å². The van der Waals surface area contributed by atoms with E-state index in [1.165, 1.54) is 12.5 Å². The highest BCUT2D eigenvalue weighted by Crippen LogP contribution is 2.35. The lowest BCUT2D eigenvalue weighted by Crippen LogP contribution is -2.04. The molecule has 1 aromatic heterocycles. The van der Waals surface area contributed by atoms with E-state index in [0.717, 1.165) is 23.9 Å². The quantitative estimate of drug-likeness (QED) is 0.692. The predicted octanol–water partition coefficient (Wildman–Crippen LogP) is 2.95. The fraction of sp³-hybridized carbons (Fsp3) is 0.0909. The van der Waals surface area contributed by atoms with Crippen molar-refractivity contribution >= 4 is 17.4 Å². The first kappa shape index (κ1) is 13.5. The van der Waals surface area contributed by atoms with E-state index in [1.54, 1.807) is 6.07 Å². The van der Waals surface area contributed by atoms with E-state index in [-0.39, 0.29) is 5.69 Å². The molecule has 4 nitrogen and oxygen atoms in total. The van der Waals surface area contributed by atoms with E-state index in [9.17, 15) is 13.2 Å². The predicted molar refractivity (Wildman–Crippen MR) is 63.6 cm³/mol. The maximum absolute atomic E-state index is 13.4. The number of alkyl halides is 2. The van der Waals surface area contributed by atoms with Crippen LogP contribution >= 0.6 is 11.8 Å². The van der Waals surface area contributed by atoms with Gasteiger partial charge in [-0.3, -0.25) is 0 Å². The maximum atomic E-state index is 13.4. The van der Waals surface area contributed by atoms with Crippen LogP contribution < -0.4 is 10.5 Å². The number of anilines is 1. The Kier molecular flexibility index (Phi) is 4.10.